The normalized spacial score (nSPS) is 22.8. The Kier molecular flexibility index (Phi) is 4.56. The molecule has 1 atom stereocenters. The topological polar surface area (TPSA) is 45.3 Å². The quantitative estimate of drug-likeness (QED) is 0.940. The van der Waals surface area contributed by atoms with Crippen LogP contribution in [0.1, 0.15) is 31.2 Å². The van der Waals surface area contributed by atoms with Crippen molar-refractivity contribution in [2.24, 2.45) is 11.8 Å². The molecule has 4 heteroatoms. The number of rotatable bonds is 3. The van der Waals surface area contributed by atoms with Gasteiger partial charge in [-0.3, -0.25) is 4.79 Å². The monoisotopic (exact) mass is 326 g/mol. The summed E-state index contributed by atoms with van der Waals surface area (Å²) in [6, 6.07) is 8.69. The minimum Gasteiger partial charge on any atom is -0.379 e. The number of carbonyl (C=O) groups is 1. The van der Waals surface area contributed by atoms with Gasteiger partial charge in [0.05, 0.1) is 13.2 Å². The van der Waals surface area contributed by atoms with E-state index in [2.05, 4.69) is 34.1 Å². The van der Waals surface area contributed by atoms with Crippen LogP contribution in [0.15, 0.2) is 30.5 Å². The third kappa shape index (κ3) is 3.34. The van der Waals surface area contributed by atoms with Crippen LogP contribution in [0.5, 0.6) is 0 Å². The Morgan fingerprint density at radius 2 is 2.12 bits per heavy atom. The Bertz CT molecular complexity index is 702. The summed E-state index contributed by atoms with van der Waals surface area (Å²) < 4.78 is 5.79. The Morgan fingerprint density at radius 3 is 3.00 bits per heavy atom. The molecule has 128 valence electrons. The molecule has 2 aromatic rings. The number of hydrogen-bond acceptors (Lipinski definition) is 2. The van der Waals surface area contributed by atoms with Gasteiger partial charge in [0.25, 0.3) is 0 Å². The number of amides is 1. The number of hydrogen-bond donors (Lipinski definition) is 1. The second-order valence-corrected chi connectivity index (χ2v) is 7.31. The van der Waals surface area contributed by atoms with Crippen LogP contribution in [0.25, 0.3) is 10.9 Å². The summed E-state index contributed by atoms with van der Waals surface area (Å²) in [5, 5.41) is 1.25. The highest BCUT2D eigenvalue weighted by Crippen LogP contribution is 2.27. The molecule has 1 aromatic heterocycles. The van der Waals surface area contributed by atoms with Crippen LogP contribution < -0.4 is 0 Å². The number of benzene rings is 1. The third-order valence-corrected chi connectivity index (χ3v) is 5.50. The van der Waals surface area contributed by atoms with Crippen LogP contribution >= 0.6 is 0 Å². The summed E-state index contributed by atoms with van der Waals surface area (Å²) in [6.07, 6.45) is 7.51. The van der Waals surface area contributed by atoms with Gasteiger partial charge in [-0.2, -0.15) is 0 Å². The van der Waals surface area contributed by atoms with E-state index >= 15 is 0 Å². The van der Waals surface area contributed by atoms with E-state index in [1.54, 1.807) is 0 Å². The van der Waals surface area contributed by atoms with Gasteiger partial charge in [-0.05, 0) is 48.4 Å². The first-order valence-electron chi connectivity index (χ1n) is 9.22. The number of fused-ring (bicyclic) bond motifs is 1. The number of nitrogens with one attached hydrogen (secondary N) is 1. The van der Waals surface area contributed by atoms with E-state index in [1.807, 2.05) is 6.20 Å². The Hall–Kier alpha value is -1.81. The Balaban J connectivity index is 1.44. The molecule has 1 aliphatic carbocycles. The van der Waals surface area contributed by atoms with Crippen molar-refractivity contribution >= 4 is 16.8 Å². The number of ether oxygens (including phenoxy) is 1. The predicted octanol–water partition coefficient (Wildman–Crippen LogP) is 3.38. The SMILES string of the molecule is O=C(C1CCCC1)N1CCOC[C@H](Cc2ccc3[nH]ccc3c2)C1. The van der Waals surface area contributed by atoms with Crippen molar-refractivity contribution in [1.82, 2.24) is 9.88 Å². The van der Waals surface area contributed by atoms with Gasteiger partial charge in [0.15, 0.2) is 0 Å². The minimum atomic E-state index is 0.264. The molecule has 1 N–H and O–H groups in total. The van der Waals surface area contributed by atoms with Crippen LogP contribution in [0.3, 0.4) is 0 Å². The maximum absolute atomic E-state index is 12.8. The van der Waals surface area contributed by atoms with Crippen LogP contribution in [-0.2, 0) is 16.0 Å². The molecule has 0 radical (unpaired) electrons. The highest BCUT2D eigenvalue weighted by atomic mass is 16.5. The molecule has 24 heavy (non-hydrogen) atoms. The molecule has 2 heterocycles. The number of carbonyl (C=O) groups excluding carboxylic acids is 1. The van der Waals surface area contributed by atoms with E-state index in [9.17, 15) is 4.79 Å². The van der Waals surface area contributed by atoms with E-state index in [0.717, 1.165) is 39.0 Å². The van der Waals surface area contributed by atoms with Crippen LogP contribution in [0, 0.1) is 11.8 Å². The molecule has 1 amide bonds. The summed E-state index contributed by atoms with van der Waals surface area (Å²) in [5.74, 6) is 1.01. The maximum atomic E-state index is 12.8. The second-order valence-electron chi connectivity index (χ2n) is 7.31. The Labute approximate surface area is 143 Å². The molecule has 1 saturated heterocycles. The third-order valence-electron chi connectivity index (χ3n) is 5.50. The molecule has 2 aliphatic rings. The summed E-state index contributed by atoms with van der Waals surface area (Å²) in [7, 11) is 0. The van der Waals surface area contributed by atoms with E-state index < -0.39 is 0 Å². The van der Waals surface area contributed by atoms with E-state index in [4.69, 9.17) is 4.74 Å². The average molecular weight is 326 g/mol. The first kappa shape index (κ1) is 15.7. The molecule has 0 spiro atoms. The summed E-state index contributed by atoms with van der Waals surface area (Å²) >= 11 is 0. The minimum absolute atomic E-state index is 0.264. The van der Waals surface area contributed by atoms with Gasteiger partial charge in [0.2, 0.25) is 5.91 Å². The molecular weight excluding hydrogens is 300 g/mol. The fourth-order valence-electron chi connectivity index (χ4n) is 4.20. The van der Waals surface area contributed by atoms with Gasteiger partial charge >= 0.3 is 0 Å². The van der Waals surface area contributed by atoms with Crippen molar-refractivity contribution in [2.45, 2.75) is 32.1 Å². The molecule has 4 rings (SSSR count). The highest BCUT2D eigenvalue weighted by molar-refractivity contribution is 5.80. The van der Waals surface area contributed by atoms with Gasteiger partial charge in [-0.15, -0.1) is 0 Å². The lowest BCUT2D eigenvalue weighted by atomic mass is 9.98. The molecule has 1 aliphatic heterocycles. The molecule has 0 bridgehead atoms. The zero-order valence-corrected chi connectivity index (χ0v) is 14.2. The maximum Gasteiger partial charge on any atom is 0.225 e. The van der Waals surface area contributed by atoms with Gasteiger partial charge < -0.3 is 14.6 Å². The van der Waals surface area contributed by atoms with Gasteiger partial charge in [0, 0.05) is 36.6 Å². The van der Waals surface area contributed by atoms with E-state index in [0.29, 0.717) is 18.4 Å². The number of H-pyrrole nitrogens is 1. The molecule has 1 aromatic carbocycles. The van der Waals surface area contributed by atoms with Crippen LogP contribution in [-0.4, -0.2) is 42.1 Å². The summed E-state index contributed by atoms with van der Waals surface area (Å²) in [4.78, 5) is 18.1. The fourth-order valence-corrected chi connectivity index (χ4v) is 4.20. The molecule has 2 fully saturated rings. The number of nitrogens with zero attached hydrogens (tertiary/aromatic N) is 1. The smallest absolute Gasteiger partial charge is 0.225 e. The van der Waals surface area contributed by atoms with Crippen LogP contribution in [0.2, 0.25) is 0 Å². The first-order valence-corrected chi connectivity index (χ1v) is 9.22. The van der Waals surface area contributed by atoms with Gasteiger partial charge in [-0.1, -0.05) is 18.9 Å². The lowest BCUT2D eigenvalue weighted by Gasteiger charge is -2.26. The van der Waals surface area contributed by atoms with Crippen molar-refractivity contribution in [2.75, 3.05) is 26.3 Å². The highest BCUT2D eigenvalue weighted by Gasteiger charge is 2.30. The predicted molar refractivity (Wildman–Crippen MR) is 94.8 cm³/mol. The van der Waals surface area contributed by atoms with Crippen LogP contribution in [0.4, 0.5) is 0 Å². The Morgan fingerprint density at radius 1 is 1.25 bits per heavy atom. The van der Waals surface area contributed by atoms with Crippen molar-refractivity contribution in [3.8, 4) is 0 Å². The molecule has 0 unspecified atom stereocenters. The van der Waals surface area contributed by atoms with Gasteiger partial charge in [-0.25, -0.2) is 0 Å². The lowest BCUT2D eigenvalue weighted by Crippen LogP contribution is -2.39. The van der Waals surface area contributed by atoms with Crippen molar-refractivity contribution in [3.63, 3.8) is 0 Å². The number of aromatic nitrogens is 1. The first-order chi connectivity index (χ1) is 11.8. The zero-order chi connectivity index (χ0) is 16.4. The van der Waals surface area contributed by atoms with Crippen molar-refractivity contribution < 1.29 is 9.53 Å². The second kappa shape index (κ2) is 6.98. The zero-order valence-electron chi connectivity index (χ0n) is 14.2. The van der Waals surface area contributed by atoms with Crippen molar-refractivity contribution in [1.29, 1.82) is 0 Å². The fraction of sp³-hybridized carbons (Fsp3) is 0.550. The van der Waals surface area contributed by atoms with E-state index in [1.165, 1.54) is 29.3 Å². The standard InChI is InChI=1S/C20H26N2O2/c23-20(17-3-1-2-4-17)22-9-10-24-14-16(13-22)11-15-5-6-19-18(12-15)7-8-21-19/h5-8,12,16-17,21H,1-4,9-11,13-14H2/t16-/m1/s1. The number of aromatic amines is 1. The van der Waals surface area contributed by atoms with E-state index in [-0.39, 0.29) is 5.92 Å². The van der Waals surface area contributed by atoms with Crippen molar-refractivity contribution in [3.05, 3.63) is 36.0 Å². The largest absolute Gasteiger partial charge is 0.379 e. The van der Waals surface area contributed by atoms with Gasteiger partial charge in [0.1, 0.15) is 0 Å². The molecule has 1 saturated carbocycles. The molecular formula is C20H26N2O2. The summed E-state index contributed by atoms with van der Waals surface area (Å²) in [6.45, 7) is 3.01. The summed E-state index contributed by atoms with van der Waals surface area (Å²) in [5.41, 5.74) is 2.50. The lowest BCUT2D eigenvalue weighted by molar-refractivity contribution is -0.135. The average Bonchev–Trinajstić information content (AvgIpc) is 3.23. The molecule has 4 nitrogen and oxygen atoms in total.